The summed E-state index contributed by atoms with van der Waals surface area (Å²) in [6.07, 6.45) is 0. The SMILES string of the molecule is NC(CO)(CO)CO.O=P(O)(O)Oc1ccc(Br)cc1. The van der Waals surface area contributed by atoms with Crippen LogP contribution in [0.1, 0.15) is 0 Å². The van der Waals surface area contributed by atoms with Gasteiger partial charge in [0, 0.05) is 4.47 Å². The molecule has 0 saturated heterocycles. The van der Waals surface area contributed by atoms with Crippen molar-refractivity contribution < 1.29 is 34.2 Å². The molecule has 0 amide bonds. The molecule has 0 unspecified atom stereocenters. The Kier molecular flexibility index (Phi) is 8.48. The number of halogens is 1. The van der Waals surface area contributed by atoms with Crippen LogP contribution in [0.4, 0.5) is 0 Å². The average molecular weight is 374 g/mol. The van der Waals surface area contributed by atoms with Gasteiger partial charge in [0.1, 0.15) is 5.75 Å². The van der Waals surface area contributed by atoms with Crippen molar-refractivity contribution in [2.75, 3.05) is 19.8 Å². The van der Waals surface area contributed by atoms with Crippen LogP contribution in [0, 0.1) is 0 Å². The molecule has 0 aromatic heterocycles. The number of benzene rings is 1. The Morgan fingerprint density at radius 1 is 1.10 bits per heavy atom. The highest BCUT2D eigenvalue weighted by Gasteiger charge is 2.20. The maximum absolute atomic E-state index is 10.3. The van der Waals surface area contributed by atoms with E-state index in [0.29, 0.717) is 0 Å². The molecule has 10 heteroatoms. The molecule has 0 aliphatic carbocycles. The summed E-state index contributed by atoms with van der Waals surface area (Å²) in [4.78, 5) is 16.8. The van der Waals surface area contributed by atoms with E-state index in [2.05, 4.69) is 20.5 Å². The van der Waals surface area contributed by atoms with Gasteiger partial charge in [-0.3, -0.25) is 9.79 Å². The molecule has 0 atom stereocenters. The normalized spacial score (nSPS) is 11.6. The predicted molar refractivity (Wildman–Crippen MR) is 75.0 cm³/mol. The Bertz CT molecular complexity index is 423. The second-order valence-electron chi connectivity index (χ2n) is 3.87. The van der Waals surface area contributed by atoms with Crippen LogP contribution in [0.2, 0.25) is 0 Å². The summed E-state index contributed by atoms with van der Waals surface area (Å²) in [5.74, 6) is 0.145. The average Bonchev–Trinajstić information content (AvgIpc) is 2.40. The van der Waals surface area contributed by atoms with Crippen molar-refractivity contribution in [1.29, 1.82) is 0 Å². The van der Waals surface area contributed by atoms with Crippen molar-refractivity contribution >= 4 is 23.8 Å². The molecule has 0 spiro atoms. The molecule has 0 aliphatic heterocycles. The fraction of sp³-hybridized carbons (Fsp3) is 0.400. The Hall–Kier alpha value is -0.510. The third-order valence-electron chi connectivity index (χ3n) is 1.98. The monoisotopic (exact) mass is 373 g/mol. The first-order valence-corrected chi connectivity index (χ1v) is 7.60. The van der Waals surface area contributed by atoms with Gasteiger partial charge in [0.05, 0.1) is 25.4 Å². The van der Waals surface area contributed by atoms with Crippen LogP contribution in [0.3, 0.4) is 0 Å². The Morgan fingerprint density at radius 3 is 1.75 bits per heavy atom. The molecule has 0 radical (unpaired) electrons. The second kappa shape index (κ2) is 8.71. The molecule has 1 rings (SSSR count). The highest BCUT2D eigenvalue weighted by atomic mass is 79.9. The van der Waals surface area contributed by atoms with Crippen molar-refractivity contribution in [2.24, 2.45) is 5.73 Å². The Balaban J connectivity index is 0.000000396. The van der Waals surface area contributed by atoms with E-state index in [-0.39, 0.29) is 5.75 Å². The van der Waals surface area contributed by atoms with Crippen molar-refractivity contribution in [2.45, 2.75) is 5.54 Å². The quantitative estimate of drug-likeness (QED) is 0.380. The maximum atomic E-state index is 10.3. The van der Waals surface area contributed by atoms with E-state index in [1.807, 2.05) is 0 Å². The van der Waals surface area contributed by atoms with Crippen LogP contribution >= 0.6 is 23.8 Å². The van der Waals surface area contributed by atoms with E-state index in [1.54, 1.807) is 12.1 Å². The number of hydrogen-bond acceptors (Lipinski definition) is 6. The summed E-state index contributed by atoms with van der Waals surface area (Å²) in [5.41, 5.74) is 3.94. The first-order valence-electron chi connectivity index (χ1n) is 5.28. The summed E-state index contributed by atoms with van der Waals surface area (Å²) in [6, 6.07) is 6.18. The lowest BCUT2D eigenvalue weighted by Gasteiger charge is -2.20. The molecule has 20 heavy (non-hydrogen) atoms. The van der Waals surface area contributed by atoms with Crippen LogP contribution in [0.15, 0.2) is 28.7 Å². The molecule has 1 aromatic carbocycles. The fourth-order valence-electron chi connectivity index (χ4n) is 0.783. The highest BCUT2D eigenvalue weighted by Crippen LogP contribution is 2.37. The number of aliphatic hydroxyl groups is 3. The number of hydrogen-bond donors (Lipinski definition) is 6. The van der Waals surface area contributed by atoms with Crippen molar-refractivity contribution in [1.82, 2.24) is 0 Å². The number of rotatable bonds is 5. The van der Waals surface area contributed by atoms with Crippen LogP contribution in [-0.4, -0.2) is 50.5 Å². The molecular formula is C10H17BrNO7P. The number of phosphoric ester groups is 1. The van der Waals surface area contributed by atoms with Crippen LogP contribution in [-0.2, 0) is 4.57 Å². The van der Waals surface area contributed by atoms with Crippen molar-refractivity contribution in [3.63, 3.8) is 0 Å². The molecule has 0 fully saturated rings. The topological polar surface area (TPSA) is 153 Å². The minimum Gasteiger partial charge on any atom is -0.404 e. The van der Waals surface area contributed by atoms with E-state index >= 15 is 0 Å². The largest absolute Gasteiger partial charge is 0.524 e. The molecule has 0 aliphatic rings. The van der Waals surface area contributed by atoms with Gasteiger partial charge < -0.3 is 25.6 Å². The minimum atomic E-state index is -4.42. The summed E-state index contributed by atoms with van der Waals surface area (Å²) in [6.45, 7) is -1.21. The zero-order valence-corrected chi connectivity index (χ0v) is 12.9. The van der Waals surface area contributed by atoms with E-state index in [4.69, 9.17) is 30.8 Å². The molecule has 7 N–H and O–H groups in total. The van der Waals surface area contributed by atoms with Crippen LogP contribution in [0.25, 0.3) is 0 Å². The Morgan fingerprint density at radius 2 is 1.50 bits per heavy atom. The lowest BCUT2D eigenvalue weighted by Crippen LogP contribution is -2.50. The zero-order valence-electron chi connectivity index (χ0n) is 10.4. The third kappa shape index (κ3) is 8.62. The fourth-order valence-corrected chi connectivity index (χ4v) is 1.44. The van der Waals surface area contributed by atoms with Crippen LogP contribution in [0.5, 0.6) is 5.75 Å². The minimum absolute atomic E-state index is 0.145. The molecule has 1 aromatic rings. The summed E-state index contributed by atoms with van der Waals surface area (Å²) in [7, 11) is -4.42. The summed E-state index contributed by atoms with van der Waals surface area (Å²) < 4.78 is 15.5. The first-order chi connectivity index (χ1) is 9.15. The van der Waals surface area contributed by atoms with E-state index in [1.165, 1.54) is 12.1 Å². The molecule has 0 bridgehead atoms. The Labute approximate surface area is 124 Å². The summed E-state index contributed by atoms with van der Waals surface area (Å²) in [5, 5.41) is 25.0. The van der Waals surface area contributed by atoms with Crippen molar-refractivity contribution in [3.05, 3.63) is 28.7 Å². The lowest BCUT2D eigenvalue weighted by molar-refractivity contribution is 0.0697. The van der Waals surface area contributed by atoms with Gasteiger partial charge in [0.15, 0.2) is 0 Å². The van der Waals surface area contributed by atoms with Gasteiger partial charge in [-0.15, -0.1) is 0 Å². The predicted octanol–water partition coefficient (Wildman–Crippen LogP) is -0.419. The number of aliphatic hydroxyl groups excluding tert-OH is 3. The molecular weight excluding hydrogens is 357 g/mol. The zero-order chi connectivity index (χ0) is 15.8. The third-order valence-corrected chi connectivity index (χ3v) is 2.96. The maximum Gasteiger partial charge on any atom is 0.524 e. The van der Waals surface area contributed by atoms with E-state index in [0.717, 1.165) is 4.47 Å². The molecule has 116 valence electrons. The van der Waals surface area contributed by atoms with Gasteiger partial charge in [-0.05, 0) is 24.3 Å². The van der Waals surface area contributed by atoms with E-state index in [9.17, 15) is 4.57 Å². The number of nitrogens with two attached hydrogens (primary N) is 1. The smallest absolute Gasteiger partial charge is 0.404 e. The van der Waals surface area contributed by atoms with Gasteiger partial charge in [0.25, 0.3) is 0 Å². The lowest BCUT2D eigenvalue weighted by atomic mass is 10.1. The molecule has 8 nitrogen and oxygen atoms in total. The number of phosphoric acid groups is 1. The highest BCUT2D eigenvalue weighted by molar-refractivity contribution is 9.10. The summed E-state index contributed by atoms with van der Waals surface area (Å²) >= 11 is 3.18. The first kappa shape index (κ1) is 19.5. The standard InChI is InChI=1S/C6H6BrO4P.C4H11NO3/c7-5-1-3-6(4-2-5)11-12(8,9)10;5-4(1-6,2-7)3-8/h1-4H,(H2,8,9,10);6-8H,1-3,5H2. The van der Waals surface area contributed by atoms with Crippen molar-refractivity contribution in [3.8, 4) is 5.75 Å². The molecule has 0 saturated carbocycles. The van der Waals surface area contributed by atoms with Gasteiger partial charge in [-0.2, -0.15) is 0 Å². The van der Waals surface area contributed by atoms with Crippen LogP contribution < -0.4 is 10.3 Å². The van der Waals surface area contributed by atoms with Gasteiger partial charge in [0.2, 0.25) is 0 Å². The van der Waals surface area contributed by atoms with Gasteiger partial charge in [-0.1, -0.05) is 15.9 Å². The van der Waals surface area contributed by atoms with Gasteiger partial charge >= 0.3 is 7.82 Å². The van der Waals surface area contributed by atoms with E-state index < -0.39 is 33.2 Å². The molecule has 0 heterocycles. The van der Waals surface area contributed by atoms with Gasteiger partial charge in [-0.25, -0.2) is 4.57 Å². The second-order valence-corrected chi connectivity index (χ2v) is 5.95.